The molecule has 1 amide bonds. The Balaban J connectivity index is 2.14. The molecule has 0 aliphatic rings. The van der Waals surface area contributed by atoms with Gasteiger partial charge in [-0.25, -0.2) is 0 Å². The number of amides is 1. The number of aryl methyl sites for hydroxylation is 1. The van der Waals surface area contributed by atoms with Crippen LogP contribution in [0.2, 0.25) is 5.02 Å². The number of hydrogen-bond donors (Lipinski definition) is 0. The van der Waals surface area contributed by atoms with Crippen molar-refractivity contribution in [3.63, 3.8) is 0 Å². The number of fused-ring (bicyclic) bond motifs is 1. The lowest BCUT2D eigenvalue weighted by Gasteiger charge is -2.06. The Hall–Kier alpha value is -2.64. The van der Waals surface area contributed by atoms with Crippen molar-refractivity contribution in [3.8, 4) is 5.75 Å². The maximum Gasteiger partial charge on any atom is 0.326 e. The van der Waals surface area contributed by atoms with E-state index in [0.717, 1.165) is 15.8 Å². The normalized spacial score (nSPS) is 11.6. The third-order valence-electron chi connectivity index (χ3n) is 4.02. The fraction of sp³-hybridized carbons (Fsp3) is 0.250. The van der Waals surface area contributed by atoms with Crippen LogP contribution in [0.5, 0.6) is 5.75 Å². The molecule has 0 bridgehead atoms. The van der Waals surface area contributed by atoms with Gasteiger partial charge in [-0.1, -0.05) is 29.0 Å². The molecule has 3 aromatic rings. The lowest BCUT2D eigenvalue weighted by atomic mass is 10.2. The number of ether oxygens (including phenoxy) is 2. The molecule has 1 heterocycles. The Bertz CT molecular complexity index is 1120. The average Bonchev–Trinajstić information content (AvgIpc) is 2.97. The molecule has 6 nitrogen and oxygen atoms in total. The lowest BCUT2D eigenvalue weighted by molar-refractivity contribution is -0.143. The summed E-state index contributed by atoms with van der Waals surface area (Å²) in [7, 11) is 1.48. The van der Waals surface area contributed by atoms with E-state index in [-0.39, 0.29) is 18.7 Å². The smallest absolute Gasteiger partial charge is 0.326 e. The fourth-order valence-corrected chi connectivity index (χ4v) is 4.05. The summed E-state index contributed by atoms with van der Waals surface area (Å²) in [5.74, 6) is -0.510. The number of hydrogen-bond acceptors (Lipinski definition) is 5. The molecule has 0 spiro atoms. The van der Waals surface area contributed by atoms with Crippen LogP contribution in [0.15, 0.2) is 41.4 Å². The molecular weight excluding hydrogens is 400 g/mol. The number of thiazole rings is 1. The Morgan fingerprint density at radius 3 is 2.71 bits per heavy atom. The van der Waals surface area contributed by atoms with E-state index in [2.05, 4.69) is 4.99 Å². The largest absolute Gasteiger partial charge is 0.496 e. The second-order valence-corrected chi connectivity index (χ2v) is 7.45. The molecule has 0 aliphatic heterocycles. The maximum absolute atomic E-state index is 12.8. The Kier molecular flexibility index (Phi) is 6.16. The number of esters is 1. The first-order valence-corrected chi connectivity index (χ1v) is 9.80. The van der Waals surface area contributed by atoms with Crippen LogP contribution >= 0.6 is 22.9 Å². The molecule has 2 aromatic carbocycles. The zero-order chi connectivity index (χ0) is 20.3. The summed E-state index contributed by atoms with van der Waals surface area (Å²) >= 11 is 7.36. The van der Waals surface area contributed by atoms with Gasteiger partial charge in [0, 0.05) is 5.02 Å². The van der Waals surface area contributed by atoms with Gasteiger partial charge >= 0.3 is 5.97 Å². The van der Waals surface area contributed by atoms with Crippen LogP contribution in [0.3, 0.4) is 0 Å². The highest BCUT2D eigenvalue weighted by atomic mass is 35.5. The minimum atomic E-state index is -0.500. The third kappa shape index (κ3) is 4.26. The molecule has 0 radical (unpaired) electrons. The summed E-state index contributed by atoms with van der Waals surface area (Å²) in [5.41, 5.74) is 2.14. The van der Waals surface area contributed by atoms with Gasteiger partial charge < -0.3 is 14.0 Å². The van der Waals surface area contributed by atoms with Gasteiger partial charge in [-0.15, -0.1) is 0 Å². The summed E-state index contributed by atoms with van der Waals surface area (Å²) in [4.78, 5) is 29.6. The second-order valence-electron chi connectivity index (χ2n) is 6.01. The third-order valence-corrected chi connectivity index (χ3v) is 5.30. The highest BCUT2D eigenvalue weighted by Crippen LogP contribution is 2.24. The number of carbonyl (C=O) groups is 2. The fourth-order valence-electron chi connectivity index (χ4n) is 2.75. The molecule has 0 fully saturated rings. The zero-order valence-electron chi connectivity index (χ0n) is 15.7. The second kappa shape index (κ2) is 8.58. The van der Waals surface area contributed by atoms with E-state index in [1.165, 1.54) is 24.5 Å². The summed E-state index contributed by atoms with van der Waals surface area (Å²) in [6, 6.07) is 10.6. The van der Waals surface area contributed by atoms with Crippen molar-refractivity contribution in [2.24, 2.45) is 4.99 Å². The van der Waals surface area contributed by atoms with Crippen molar-refractivity contribution in [2.75, 3.05) is 13.7 Å². The van der Waals surface area contributed by atoms with Crippen molar-refractivity contribution in [3.05, 3.63) is 57.3 Å². The number of methoxy groups -OCH3 is 1. The molecular formula is C20H19ClN2O4S. The predicted octanol–water partition coefficient (Wildman–Crippen LogP) is 3.98. The minimum absolute atomic E-state index is 0.0320. The van der Waals surface area contributed by atoms with Gasteiger partial charge in [0.25, 0.3) is 5.91 Å². The van der Waals surface area contributed by atoms with Crippen molar-refractivity contribution in [2.45, 2.75) is 20.4 Å². The van der Waals surface area contributed by atoms with Gasteiger partial charge in [0.05, 0.1) is 29.5 Å². The summed E-state index contributed by atoms with van der Waals surface area (Å²) in [6.07, 6.45) is 0. The van der Waals surface area contributed by atoms with E-state index in [0.29, 0.717) is 15.6 Å². The molecule has 1 aromatic heterocycles. The van der Waals surface area contributed by atoms with Crippen LogP contribution in [0, 0.1) is 6.92 Å². The van der Waals surface area contributed by atoms with Crippen molar-refractivity contribution < 1.29 is 19.1 Å². The van der Waals surface area contributed by atoms with E-state index in [9.17, 15) is 9.59 Å². The first-order chi connectivity index (χ1) is 13.4. The first-order valence-electron chi connectivity index (χ1n) is 8.61. The Labute approximate surface area is 171 Å². The van der Waals surface area contributed by atoms with Crippen LogP contribution in [-0.2, 0) is 16.1 Å². The number of nitrogens with zero attached hydrogens (tertiary/aromatic N) is 2. The average molecular weight is 419 g/mol. The Morgan fingerprint density at radius 2 is 2.00 bits per heavy atom. The van der Waals surface area contributed by atoms with Crippen LogP contribution in [0.1, 0.15) is 22.8 Å². The molecule has 0 aliphatic carbocycles. The minimum Gasteiger partial charge on any atom is -0.496 e. The number of rotatable bonds is 5. The number of benzene rings is 2. The summed E-state index contributed by atoms with van der Waals surface area (Å²) in [6.45, 7) is 3.98. The molecule has 3 rings (SSSR count). The van der Waals surface area contributed by atoms with Gasteiger partial charge in [0.1, 0.15) is 12.3 Å². The highest BCUT2D eigenvalue weighted by molar-refractivity contribution is 7.16. The lowest BCUT2D eigenvalue weighted by Crippen LogP contribution is -2.23. The van der Waals surface area contributed by atoms with E-state index >= 15 is 0 Å². The quantitative estimate of drug-likeness (QED) is 0.588. The Morgan fingerprint density at radius 1 is 1.21 bits per heavy atom. The SMILES string of the molecule is CCOC(=O)Cn1c(=NC(=O)c2cc(Cl)ccc2OC)sc2cc(C)ccc21. The highest BCUT2D eigenvalue weighted by Gasteiger charge is 2.15. The van der Waals surface area contributed by atoms with Crippen LogP contribution in [0.25, 0.3) is 10.2 Å². The number of halogens is 1. The van der Waals surface area contributed by atoms with Gasteiger partial charge in [0.15, 0.2) is 4.80 Å². The van der Waals surface area contributed by atoms with Gasteiger partial charge in [0.2, 0.25) is 0 Å². The molecule has 0 unspecified atom stereocenters. The predicted molar refractivity (Wildman–Crippen MR) is 109 cm³/mol. The molecule has 0 saturated heterocycles. The van der Waals surface area contributed by atoms with Gasteiger partial charge in [-0.2, -0.15) is 4.99 Å². The standard InChI is InChI=1S/C20H19ClN2O4S/c1-4-27-18(24)11-23-15-7-5-12(2)9-17(15)28-20(23)22-19(25)14-10-13(21)6-8-16(14)26-3/h5-10H,4,11H2,1-3H3. The van der Waals surface area contributed by atoms with Crippen LogP contribution in [0.4, 0.5) is 0 Å². The summed E-state index contributed by atoms with van der Waals surface area (Å²) < 4.78 is 12.9. The number of aromatic nitrogens is 1. The molecule has 0 saturated carbocycles. The van der Waals surface area contributed by atoms with Gasteiger partial charge in [-0.3, -0.25) is 9.59 Å². The first kappa shape index (κ1) is 20.1. The van der Waals surface area contributed by atoms with Gasteiger partial charge in [-0.05, 0) is 49.7 Å². The molecule has 0 atom stereocenters. The van der Waals surface area contributed by atoms with E-state index in [1.54, 1.807) is 23.6 Å². The van der Waals surface area contributed by atoms with E-state index < -0.39 is 11.9 Å². The molecule has 0 N–H and O–H groups in total. The number of carbonyl (C=O) groups excluding carboxylic acids is 2. The molecule has 28 heavy (non-hydrogen) atoms. The van der Waals surface area contributed by atoms with Crippen molar-refractivity contribution >= 4 is 45.0 Å². The maximum atomic E-state index is 12.8. The molecule has 146 valence electrons. The van der Waals surface area contributed by atoms with Crippen molar-refractivity contribution in [1.29, 1.82) is 0 Å². The van der Waals surface area contributed by atoms with Crippen LogP contribution < -0.4 is 9.54 Å². The van der Waals surface area contributed by atoms with Crippen molar-refractivity contribution in [1.82, 2.24) is 4.57 Å². The molecule has 8 heteroatoms. The monoisotopic (exact) mass is 418 g/mol. The topological polar surface area (TPSA) is 69.9 Å². The summed E-state index contributed by atoms with van der Waals surface area (Å²) in [5, 5.41) is 0.408. The van der Waals surface area contributed by atoms with E-state index in [1.807, 2.05) is 25.1 Å². The zero-order valence-corrected chi connectivity index (χ0v) is 17.3. The van der Waals surface area contributed by atoms with Crippen LogP contribution in [-0.4, -0.2) is 30.2 Å². The van der Waals surface area contributed by atoms with E-state index in [4.69, 9.17) is 21.1 Å².